The van der Waals surface area contributed by atoms with E-state index in [-0.39, 0.29) is 5.69 Å². The van der Waals surface area contributed by atoms with Crippen molar-refractivity contribution >= 4 is 11.7 Å². The first-order chi connectivity index (χ1) is 7.52. The average molecular weight is 223 g/mol. The lowest BCUT2D eigenvalue weighted by Crippen LogP contribution is -2.10. The summed E-state index contributed by atoms with van der Waals surface area (Å²) in [6.45, 7) is 1.59. The monoisotopic (exact) mass is 223 g/mol. The summed E-state index contributed by atoms with van der Waals surface area (Å²) in [5.41, 5.74) is 0.640. The van der Waals surface area contributed by atoms with Crippen LogP contribution in [0.1, 0.15) is 18.9 Å². The zero-order valence-electron chi connectivity index (χ0n) is 8.92. The maximum atomic E-state index is 10.7. The molecule has 16 heavy (non-hydrogen) atoms. The van der Waals surface area contributed by atoms with Gasteiger partial charge in [-0.1, -0.05) is 25.1 Å². The Labute approximate surface area is 92.9 Å². The minimum Gasteiger partial charge on any atom is -0.481 e. The quantitative estimate of drug-likeness (QED) is 0.613. The van der Waals surface area contributed by atoms with E-state index < -0.39 is 16.8 Å². The third-order valence-corrected chi connectivity index (χ3v) is 2.46. The van der Waals surface area contributed by atoms with Crippen molar-refractivity contribution in [1.29, 1.82) is 0 Å². The first kappa shape index (κ1) is 12.2. The summed E-state index contributed by atoms with van der Waals surface area (Å²) < 4.78 is 0. The highest BCUT2D eigenvalue weighted by atomic mass is 16.6. The minimum atomic E-state index is -0.876. The molecule has 0 aliphatic heterocycles. The Balaban J connectivity index is 2.74. The van der Waals surface area contributed by atoms with Gasteiger partial charge in [-0.05, 0) is 12.8 Å². The predicted octanol–water partition coefficient (Wildman–Crippen LogP) is 2.25. The van der Waals surface area contributed by atoms with E-state index in [1.54, 1.807) is 25.1 Å². The van der Waals surface area contributed by atoms with Crippen LogP contribution in [-0.4, -0.2) is 16.0 Å². The summed E-state index contributed by atoms with van der Waals surface area (Å²) in [6, 6.07) is 6.41. The van der Waals surface area contributed by atoms with Crippen molar-refractivity contribution in [3.8, 4) is 0 Å². The van der Waals surface area contributed by atoms with Crippen LogP contribution in [0.2, 0.25) is 0 Å². The van der Waals surface area contributed by atoms with Crippen molar-refractivity contribution in [1.82, 2.24) is 0 Å². The topological polar surface area (TPSA) is 80.4 Å². The van der Waals surface area contributed by atoms with Gasteiger partial charge in [0.2, 0.25) is 0 Å². The third kappa shape index (κ3) is 3.05. The molecule has 86 valence electrons. The van der Waals surface area contributed by atoms with Crippen molar-refractivity contribution in [2.75, 3.05) is 0 Å². The van der Waals surface area contributed by atoms with Crippen molar-refractivity contribution < 1.29 is 14.8 Å². The molecule has 1 N–H and O–H groups in total. The van der Waals surface area contributed by atoms with Crippen molar-refractivity contribution in [3.05, 3.63) is 39.9 Å². The summed E-state index contributed by atoms with van der Waals surface area (Å²) in [7, 11) is 0. The van der Waals surface area contributed by atoms with E-state index >= 15 is 0 Å². The number of hydrogen-bond acceptors (Lipinski definition) is 3. The summed E-state index contributed by atoms with van der Waals surface area (Å²) >= 11 is 0. The van der Waals surface area contributed by atoms with E-state index in [1.807, 2.05) is 0 Å². The van der Waals surface area contributed by atoms with Crippen LogP contribution in [0.3, 0.4) is 0 Å². The largest absolute Gasteiger partial charge is 0.481 e. The number of nitrogens with zero attached hydrogens (tertiary/aromatic N) is 1. The summed E-state index contributed by atoms with van der Waals surface area (Å²) in [5.74, 6) is -1.36. The van der Waals surface area contributed by atoms with Gasteiger partial charge in [-0.2, -0.15) is 0 Å². The van der Waals surface area contributed by atoms with Crippen molar-refractivity contribution in [2.45, 2.75) is 19.8 Å². The van der Waals surface area contributed by atoms with Crippen LogP contribution in [0.4, 0.5) is 5.69 Å². The van der Waals surface area contributed by atoms with Gasteiger partial charge in [-0.15, -0.1) is 0 Å². The molecule has 0 heterocycles. The fourth-order valence-corrected chi connectivity index (χ4v) is 1.40. The number of nitro benzene ring substituents is 1. The molecule has 0 aliphatic carbocycles. The van der Waals surface area contributed by atoms with Crippen LogP contribution < -0.4 is 0 Å². The highest BCUT2D eigenvalue weighted by Crippen LogP contribution is 2.20. The summed E-state index contributed by atoms with van der Waals surface area (Å²) in [5, 5.41) is 19.4. The number of aliphatic carboxylic acids is 1. The number of carboxylic acids is 1. The fourth-order valence-electron chi connectivity index (χ4n) is 1.40. The number of nitro groups is 1. The standard InChI is InChI=1S/C11H13NO4/c1-8(11(13)14)6-7-9-4-2-3-5-10(9)12(15)16/h2-5,8H,6-7H2,1H3,(H,13,14). The van der Waals surface area contributed by atoms with Crippen LogP contribution in [0.25, 0.3) is 0 Å². The van der Waals surface area contributed by atoms with Gasteiger partial charge < -0.3 is 5.11 Å². The Hall–Kier alpha value is -1.91. The van der Waals surface area contributed by atoms with E-state index in [0.717, 1.165) is 0 Å². The smallest absolute Gasteiger partial charge is 0.306 e. The van der Waals surface area contributed by atoms with E-state index in [2.05, 4.69) is 0 Å². The highest BCUT2D eigenvalue weighted by Gasteiger charge is 2.15. The number of hydrogen-bond donors (Lipinski definition) is 1. The molecule has 1 rings (SSSR count). The van der Waals surface area contributed by atoms with E-state index in [9.17, 15) is 14.9 Å². The Kier molecular flexibility index (Phi) is 3.99. The van der Waals surface area contributed by atoms with Gasteiger partial charge in [0.1, 0.15) is 0 Å². The Morgan fingerprint density at radius 3 is 2.69 bits per heavy atom. The molecule has 0 bridgehead atoms. The molecule has 0 aromatic heterocycles. The number of rotatable bonds is 5. The van der Waals surface area contributed by atoms with Gasteiger partial charge in [0.25, 0.3) is 5.69 Å². The molecule has 1 aromatic carbocycles. The zero-order valence-corrected chi connectivity index (χ0v) is 8.92. The average Bonchev–Trinajstić information content (AvgIpc) is 2.25. The second-order valence-electron chi connectivity index (χ2n) is 3.66. The van der Waals surface area contributed by atoms with Gasteiger partial charge in [-0.25, -0.2) is 0 Å². The molecule has 0 spiro atoms. The van der Waals surface area contributed by atoms with Gasteiger partial charge in [0.15, 0.2) is 0 Å². The van der Waals surface area contributed by atoms with E-state index in [1.165, 1.54) is 6.07 Å². The molecular formula is C11H13NO4. The van der Waals surface area contributed by atoms with Crippen LogP contribution in [0.5, 0.6) is 0 Å². The normalized spacial score (nSPS) is 12.1. The molecule has 0 radical (unpaired) electrons. The minimum absolute atomic E-state index is 0.0556. The van der Waals surface area contributed by atoms with Gasteiger partial charge in [0.05, 0.1) is 10.8 Å². The number of aryl methyl sites for hydroxylation is 1. The number of carboxylic acid groups (broad SMARTS) is 1. The van der Waals surface area contributed by atoms with Crippen LogP contribution in [-0.2, 0) is 11.2 Å². The van der Waals surface area contributed by atoms with E-state index in [4.69, 9.17) is 5.11 Å². The van der Waals surface area contributed by atoms with Gasteiger partial charge in [0, 0.05) is 11.6 Å². The number of para-hydroxylation sites is 1. The summed E-state index contributed by atoms with van der Waals surface area (Å²) in [4.78, 5) is 20.9. The lowest BCUT2D eigenvalue weighted by molar-refractivity contribution is -0.385. The van der Waals surface area contributed by atoms with Crippen LogP contribution >= 0.6 is 0 Å². The summed E-state index contributed by atoms with van der Waals surface area (Å²) in [6.07, 6.45) is 0.810. The Bertz CT molecular complexity index is 403. The molecule has 1 unspecified atom stereocenters. The third-order valence-electron chi connectivity index (χ3n) is 2.46. The van der Waals surface area contributed by atoms with Crippen LogP contribution in [0.15, 0.2) is 24.3 Å². The number of benzene rings is 1. The van der Waals surface area contributed by atoms with E-state index in [0.29, 0.717) is 18.4 Å². The van der Waals surface area contributed by atoms with Crippen molar-refractivity contribution in [2.24, 2.45) is 5.92 Å². The molecule has 0 aliphatic rings. The molecule has 0 fully saturated rings. The lowest BCUT2D eigenvalue weighted by Gasteiger charge is -2.06. The highest BCUT2D eigenvalue weighted by molar-refractivity contribution is 5.69. The molecule has 5 nitrogen and oxygen atoms in total. The fraction of sp³-hybridized carbons (Fsp3) is 0.364. The van der Waals surface area contributed by atoms with Crippen molar-refractivity contribution in [3.63, 3.8) is 0 Å². The SMILES string of the molecule is CC(CCc1ccccc1[N+](=O)[O-])C(=O)O. The second kappa shape index (κ2) is 5.25. The lowest BCUT2D eigenvalue weighted by atomic mass is 10.0. The molecule has 1 aromatic rings. The maximum absolute atomic E-state index is 10.7. The number of carbonyl (C=O) groups is 1. The Morgan fingerprint density at radius 2 is 2.12 bits per heavy atom. The second-order valence-corrected chi connectivity index (χ2v) is 3.66. The first-order valence-corrected chi connectivity index (χ1v) is 4.97. The predicted molar refractivity (Wildman–Crippen MR) is 58.2 cm³/mol. The van der Waals surface area contributed by atoms with Gasteiger partial charge >= 0.3 is 5.97 Å². The first-order valence-electron chi connectivity index (χ1n) is 4.97. The zero-order chi connectivity index (χ0) is 12.1. The molecule has 0 saturated heterocycles. The molecule has 1 atom stereocenters. The van der Waals surface area contributed by atoms with Crippen LogP contribution in [0, 0.1) is 16.0 Å². The molecule has 5 heteroatoms. The molecule has 0 saturated carbocycles. The maximum Gasteiger partial charge on any atom is 0.306 e. The Morgan fingerprint density at radius 1 is 1.50 bits per heavy atom. The molecule has 0 amide bonds. The molecular weight excluding hydrogens is 210 g/mol. The van der Waals surface area contributed by atoms with Gasteiger partial charge in [-0.3, -0.25) is 14.9 Å².